The zero-order valence-corrected chi connectivity index (χ0v) is 10.5. The molecule has 0 bridgehead atoms. The van der Waals surface area contributed by atoms with E-state index in [0.717, 1.165) is 0 Å². The van der Waals surface area contributed by atoms with Gasteiger partial charge >= 0.3 is 5.97 Å². The number of benzene rings is 1. The van der Waals surface area contributed by atoms with Crippen LogP contribution in [0.5, 0.6) is 0 Å². The lowest BCUT2D eigenvalue weighted by atomic mass is 10.2. The van der Waals surface area contributed by atoms with Gasteiger partial charge in [-0.2, -0.15) is 0 Å². The van der Waals surface area contributed by atoms with E-state index in [4.69, 9.17) is 5.11 Å². The molecule has 0 aliphatic rings. The second-order valence-electron chi connectivity index (χ2n) is 3.97. The molecule has 1 aromatic carbocycles. The Kier molecular flexibility index (Phi) is 3.89. The van der Waals surface area contributed by atoms with E-state index < -0.39 is 16.8 Å². The summed E-state index contributed by atoms with van der Waals surface area (Å²) in [6.45, 7) is 0. The van der Waals surface area contributed by atoms with Crippen molar-refractivity contribution in [1.29, 1.82) is 0 Å². The molecule has 0 aliphatic heterocycles. The van der Waals surface area contributed by atoms with Gasteiger partial charge in [0.15, 0.2) is 0 Å². The molecule has 1 aromatic heterocycles. The number of amides is 1. The van der Waals surface area contributed by atoms with Crippen molar-refractivity contribution in [2.45, 2.75) is 0 Å². The van der Waals surface area contributed by atoms with E-state index in [9.17, 15) is 19.7 Å². The maximum absolute atomic E-state index is 12.0. The predicted octanol–water partition coefficient (Wildman–Crippen LogP) is 1.94. The number of hydrogen-bond donors (Lipinski definition) is 2. The number of carboxylic acids is 1. The van der Waals surface area contributed by atoms with Gasteiger partial charge < -0.3 is 10.4 Å². The summed E-state index contributed by atoms with van der Waals surface area (Å²) in [5, 5.41) is 22.0. The van der Waals surface area contributed by atoms with Gasteiger partial charge in [-0.3, -0.25) is 19.9 Å². The number of carbonyl (C=O) groups is 2. The summed E-state index contributed by atoms with van der Waals surface area (Å²) < 4.78 is 0. The first-order valence-corrected chi connectivity index (χ1v) is 5.73. The number of nitrogens with one attached hydrogen (secondary N) is 1. The third-order valence-corrected chi connectivity index (χ3v) is 2.57. The molecule has 0 radical (unpaired) electrons. The Morgan fingerprint density at radius 2 is 2.00 bits per heavy atom. The average molecular weight is 287 g/mol. The number of nitro benzene ring substituents is 1. The number of pyridine rings is 1. The topological polar surface area (TPSA) is 122 Å². The fourth-order valence-electron chi connectivity index (χ4n) is 1.65. The first kappa shape index (κ1) is 14.1. The van der Waals surface area contributed by atoms with Gasteiger partial charge in [-0.15, -0.1) is 0 Å². The Bertz CT molecular complexity index is 729. The molecule has 8 nitrogen and oxygen atoms in total. The SMILES string of the molecule is O=C(O)c1cccnc1C(=O)Nc1cccc([N+](=O)[O-])c1. The van der Waals surface area contributed by atoms with Crippen LogP contribution in [0.15, 0.2) is 42.6 Å². The molecule has 1 heterocycles. The van der Waals surface area contributed by atoms with E-state index in [1.807, 2.05) is 0 Å². The highest BCUT2D eigenvalue weighted by atomic mass is 16.6. The normalized spacial score (nSPS) is 9.90. The molecule has 0 atom stereocenters. The number of anilines is 1. The summed E-state index contributed by atoms with van der Waals surface area (Å²) in [6.07, 6.45) is 1.29. The summed E-state index contributed by atoms with van der Waals surface area (Å²) in [5.41, 5.74) is -0.527. The lowest BCUT2D eigenvalue weighted by molar-refractivity contribution is -0.384. The Labute approximate surface area is 118 Å². The van der Waals surface area contributed by atoms with Gasteiger partial charge in [0.1, 0.15) is 5.69 Å². The highest BCUT2D eigenvalue weighted by Crippen LogP contribution is 2.18. The molecule has 0 saturated carbocycles. The third kappa shape index (κ3) is 3.18. The standard InChI is InChI=1S/C13H9N3O5/c17-12(11-10(13(18)19)5-2-6-14-11)15-8-3-1-4-9(7-8)16(20)21/h1-7H,(H,15,17)(H,18,19). The average Bonchev–Trinajstić information content (AvgIpc) is 2.47. The van der Waals surface area contributed by atoms with Gasteiger partial charge in [0.25, 0.3) is 11.6 Å². The minimum atomic E-state index is -1.28. The lowest BCUT2D eigenvalue weighted by Gasteiger charge is -2.06. The van der Waals surface area contributed by atoms with Gasteiger partial charge in [0, 0.05) is 24.0 Å². The Morgan fingerprint density at radius 3 is 2.67 bits per heavy atom. The number of non-ortho nitro benzene ring substituents is 1. The number of aromatic nitrogens is 1. The maximum Gasteiger partial charge on any atom is 0.338 e. The molecule has 8 heteroatoms. The number of carbonyl (C=O) groups excluding carboxylic acids is 1. The molecule has 2 aromatic rings. The van der Waals surface area contributed by atoms with Crippen molar-refractivity contribution in [2.24, 2.45) is 0 Å². The van der Waals surface area contributed by atoms with Crippen molar-refractivity contribution in [2.75, 3.05) is 5.32 Å². The van der Waals surface area contributed by atoms with Gasteiger partial charge in [-0.25, -0.2) is 4.79 Å². The van der Waals surface area contributed by atoms with E-state index in [-0.39, 0.29) is 22.6 Å². The van der Waals surface area contributed by atoms with Gasteiger partial charge in [0.05, 0.1) is 10.5 Å². The molecule has 1 amide bonds. The molecule has 0 saturated heterocycles. The van der Waals surface area contributed by atoms with Crippen LogP contribution in [0.25, 0.3) is 0 Å². The summed E-state index contributed by atoms with van der Waals surface area (Å²) in [7, 11) is 0. The molecule has 21 heavy (non-hydrogen) atoms. The lowest BCUT2D eigenvalue weighted by Crippen LogP contribution is -2.18. The molecule has 106 valence electrons. The number of rotatable bonds is 4. The van der Waals surface area contributed by atoms with Crippen molar-refractivity contribution in [3.05, 3.63) is 64.0 Å². The first-order valence-electron chi connectivity index (χ1n) is 5.73. The zero-order chi connectivity index (χ0) is 15.4. The molecule has 0 spiro atoms. The van der Waals surface area contributed by atoms with Crippen molar-refractivity contribution in [3.63, 3.8) is 0 Å². The van der Waals surface area contributed by atoms with Crippen LogP contribution in [0.1, 0.15) is 20.8 Å². The predicted molar refractivity (Wildman–Crippen MR) is 72.2 cm³/mol. The van der Waals surface area contributed by atoms with E-state index in [1.165, 1.54) is 42.6 Å². The van der Waals surface area contributed by atoms with E-state index in [1.54, 1.807) is 0 Å². The number of nitro groups is 1. The minimum Gasteiger partial charge on any atom is -0.478 e. The highest BCUT2D eigenvalue weighted by molar-refractivity contribution is 6.09. The Morgan fingerprint density at radius 1 is 1.24 bits per heavy atom. The van der Waals surface area contributed by atoms with Crippen molar-refractivity contribution in [1.82, 2.24) is 4.98 Å². The first-order chi connectivity index (χ1) is 9.99. The zero-order valence-electron chi connectivity index (χ0n) is 10.5. The Hall–Kier alpha value is -3.29. The fourth-order valence-corrected chi connectivity index (χ4v) is 1.65. The van der Waals surface area contributed by atoms with Crippen LogP contribution in [0.2, 0.25) is 0 Å². The molecule has 2 N–H and O–H groups in total. The van der Waals surface area contributed by atoms with Crippen LogP contribution < -0.4 is 5.32 Å². The smallest absolute Gasteiger partial charge is 0.338 e. The molecular formula is C13H9N3O5. The summed E-state index contributed by atoms with van der Waals surface area (Å²) in [6, 6.07) is 7.95. The van der Waals surface area contributed by atoms with Crippen LogP contribution in [0, 0.1) is 10.1 Å². The number of hydrogen-bond acceptors (Lipinski definition) is 5. The molecule has 2 rings (SSSR count). The van der Waals surface area contributed by atoms with Crippen LogP contribution in [0.3, 0.4) is 0 Å². The largest absolute Gasteiger partial charge is 0.478 e. The Balaban J connectivity index is 2.28. The van der Waals surface area contributed by atoms with Crippen molar-refractivity contribution in [3.8, 4) is 0 Å². The summed E-state index contributed by atoms with van der Waals surface area (Å²) in [4.78, 5) is 36.8. The second-order valence-corrected chi connectivity index (χ2v) is 3.97. The third-order valence-electron chi connectivity index (χ3n) is 2.57. The van der Waals surface area contributed by atoms with Crippen LogP contribution in [-0.4, -0.2) is 26.9 Å². The van der Waals surface area contributed by atoms with Gasteiger partial charge in [-0.1, -0.05) is 6.07 Å². The molecule has 0 fully saturated rings. The maximum atomic E-state index is 12.0. The molecule has 0 unspecified atom stereocenters. The quantitative estimate of drug-likeness (QED) is 0.654. The molecule has 0 aliphatic carbocycles. The van der Waals surface area contributed by atoms with Crippen LogP contribution >= 0.6 is 0 Å². The van der Waals surface area contributed by atoms with E-state index >= 15 is 0 Å². The minimum absolute atomic E-state index is 0.177. The number of aromatic carboxylic acids is 1. The number of nitrogens with zero attached hydrogens (tertiary/aromatic N) is 2. The number of carboxylic acid groups (broad SMARTS) is 1. The van der Waals surface area contributed by atoms with Gasteiger partial charge in [-0.05, 0) is 18.2 Å². The van der Waals surface area contributed by atoms with Crippen molar-refractivity contribution < 1.29 is 19.6 Å². The summed E-state index contributed by atoms with van der Waals surface area (Å²) in [5.74, 6) is -2.04. The monoisotopic (exact) mass is 287 g/mol. The van der Waals surface area contributed by atoms with E-state index in [0.29, 0.717) is 0 Å². The summed E-state index contributed by atoms with van der Waals surface area (Å²) >= 11 is 0. The van der Waals surface area contributed by atoms with Crippen molar-refractivity contribution >= 4 is 23.3 Å². The second kappa shape index (κ2) is 5.78. The van der Waals surface area contributed by atoms with E-state index in [2.05, 4.69) is 10.3 Å². The molecular weight excluding hydrogens is 278 g/mol. The van der Waals surface area contributed by atoms with Gasteiger partial charge in [0.2, 0.25) is 0 Å². The van der Waals surface area contributed by atoms with Crippen LogP contribution in [0.4, 0.5) is 11.4 Å². The highest BCUT2D eigenvalue weighted by Gasteiger charge is 2.18. The van der Waals surface area contributed by atoms with Crippen LogP contribution in [-0.2, 0) is 0 Å². The fraction of sp³-hybridized carbons (Fsp3) is 0.